The molecule has 36 heavy (non-hydrogen) atoms. The summed E-state index contributed by atoms with van der Waals surface area (Å²) in [6.45, 7) is 0. The van der Waals surface area contributed by atoms with E-state index >= 15 is 0 Å². The summed E-state index contributed by atoms with van der Waals surface area (Å²) in [6, 6.07) is 0. The number of hydrogen-bond acceptors (Lipinski definition) is 15. The van der Waals surface area contributed by atoms with Crippen molar-refractivity contribution >= 4 is 46.9 Å². The number of phosphoric acid groups is 6. The van der Waals surface area contributed by atoms with Crippen molar-refractivity contribution in [1.82, 2.24) is 0 Å². The number of hydrogen-bond donors (Lipinski definition) is 12. The lowest BCUT2D eigenvalue weighted by atomic mass is 9.85. The van der Waals surface area contributed by atoms with Gasteiger partial charge in [-0.25, -0.2) is 27.4 Å². The van der Waals surface area contributed by atoms with Crippen LogP contribution in [0.2, 0.25) is 0 Å². The second-order valence-corrected chi connectivity index (χ2v) is 14.7. The molecule has 0 radical (unpaired) electrons. The summed E-state index contributed by atoms with van der Waals surface area (Å²) in [5.74, 6) is 0. The fourth-order valence-corrected chi connectivity index (χ4v) is 7.79. The van der Waals surface area contributed by atoms with Crippen LogP contribution in [0.15, 0.2) is 0 Å². The molecule has 30 heteroatoms. The summed E-state index contributed by atoms with van der Waals surface area (Å²) in [5, 5.41) is 30.0. The summed E-state index contributed by atoms with van der Waals surface area (Å²) in [5.41, 5.74) is 0. The molecule has 0 heterocycles. The summed E-state index contributed by atoms with van der Waals surface area (Å²) in [4.78, 5) is 80.5. The fraction of sp³-hybridized carbons (Fsp3) is 1.00. The maximum absolute atomic E-state index is 12.0. The molecule has 0 aliphatic heterocycles. The summed E-state index contributed by atoms with van der Waals surface area (Å²) in [6.07, 6.45) is -17.5. The Kier molecular flexibility index (Phi) is 11.2. The van der Waals surface area contributed by atoms with Gasteiger partial charge in [0.1, 0.15) is 36.6 Å². The third-order valence-corrected chi connectivity index (χ3v) is 9.97. The lowest BCUT2D eigenvalue weighted by Gasteiger charge is -2.45. The van der Waals surface area contributed by atoms with Crippen molar-refractivity contribution in [2.75, 3.05) is 0 Å². The first-order valence-corrected chi connectivity index (χ1v) is 17.1. The predicted octanol–water partition coefficient (Wildman–Crippen LogP) is -3.13. The van der Waals surface area contributed by atoms with E-state index in [4.69, 9.17) is 29.4 Å². The van der Waals surface area contributed by atoms with Crippen LogP contribution in [0.1, 0.15) is 0 Å². The normalized spacial score (nSPS) is 33.3. The van der Waals surface area contributed by atoms with Gasteiger partial charge in [-0.05, 0) is 0 Å². The molecule has 1 aliphatic rings. The van der Waals surface area contributed by atoms with Crippen molar-refractivity contribution in [3.05, 3.63) is 0 Å². The Hall–Kier alpha value is 0.660. The van der Waals surface area contributed by atoms with Crippen molar-refractivity contribution in [3.8, 4) is 0 Å². The lowest BCUT2D eigenvalue weighted by Crippen LogP contribution is -2.65. The van der Waals surface area contributed by atoms with Crippen LogP contribution >= 0.6 is 46.9 Å². The van der Waals surface area contributed by atoms with Crippen LogP contribution in [-0.4, -0.2) is 96.0 Å². The monoisotopic (exact) mass is 660 g/mol. The van der Waals surface area contributed by atoms with E-state index in [-0.39, 0.29) is 0 Å². The molecule has 0 saturated heterocycles. The van der Waals surface area contributed by atoms with Crippen molar-refractivity contribution in [1.29, 1.82) is 0 Å². The van der Waals surface area contributed by atoms with Gasteiger partial charge in [0.2, 0.25) is 0 Å². The molecule has 0 aromatic rings. The van der Waals surface area contributed by atoms with Crippen molar-refractivity contribution in [2.45, 2.75) is 36.6 Å². The van der Waals surface area contributed by atoms with Gasteiger partial charge in [-0.2, -0.15) is 12.9 Å². The first kappa shape index (κ1) is 34.7. The highest BCUT2D eigenvalue weighted by Crippen LogP contribution is 2.63. The van der Waals surface area contributed by atoms with Gasteiger partial charge < -0.3 is 59.4 Å². The molecule has 0 bridgehead atoms. The van der Waals surface area contributed by atoms with E-state index in [0.29, 0.717) is 0 Å². The van der Waals surface area contributed by atoms with Crippen molar-refractivity contribution in [3.63, 3.8) is 0 Å². The average Bonchev–Trinajstić information content (AvgIpc) is 2.53. The molecule has 1 rings (SSSR count). The van der Waals surface area contributed by atoms with Crippen LogP contribution in [0.3, 0.4) is 0 Å². The number of rotatable bonds is 12. The number of aliphatic hydroxyl groups is 3. The van der Waals surface area contributed by atoms with Crippen molar-refractivity contribution < 1.29 is 113 Å². The SMILES string of the molecule is O=P(O)(O)OP(=O)(O)OC1[C@@H](OP(=O)(O)OP(=O)(O)O)[C@@H](O)C(O)[C@H](O)[C@H]1OP(=O)(O)OP(=O)(O)O. The van der Waals surface area contributed by atoms with Gasteiger partial charge in [0.25, 0.3) is 0 Å². The molecule has 216 valence electrons. The zero-order chi connectivity index (χ0) is 28.7. The van der Waals surface area contributed by atoms with E-state index in [1.54, 1.807) is 0 Å². The second-order valence-electron chi connectivity index (χ2n) is 6.30. The summed E-state index contributed by atoms with van der Waals surface area (Å²) >= 11 is 0. The van der Waals surface area contributed by atoms with E-state index < -0.39 is 83.6 Å². The number of aliphatic hydroxyl groups excluding tert-OH is 3. The van der Waals surface area contributed by atoms with Gasteiger partial charge in [0, 0.05) is 0 Å². The Bertz CT molecular complexity index is 1000. The molecular weight excluding hydrogens is 642 g/mol. The Morgan fingerprint density at radius 1 is 0.389 bits per heavy atom. The fourth-order valence-electron chi connectivity index (χ4n) is 2.45. The van der Waals surface area contributed by atoms with Crippen LogP contribution in [0, 0.1) is 0 Å². The molecule has 9 atom stereocenters. The first-order chi connectivity index (χ1) is 15.6. The van der Waals surface area contributed by atoms with E-state index in [1.165, 1.54) is 0 Å². The minimum absolute atomic E-state index is 2.74. The second kappa shape index (κ2) is 11.6. The first-order valence-electron chi connectivity index (χ1n) is 8.02. The highest BCUT2D eigenvalue weighted by atomic mass is 31.3. The molecule has 0 aromatic heterocycles. The molecule has 1 aliphatic carbocycles. The Balaban J connectivity index is 3.59. The van der Waals surface area contributed by atoms with Gasteiger partial charge in [-0.3, -0.25) is 13.6 Å². The minimum atomic E-state index is -6.20. The zero-order valence-corrected chi connectivity index (χ0v) is 21.8. The molecule has 5 unspecified atom stereocenters. The number of phosphoric ester groups is 3. The van der Waals surface area contributed by atoms with Gasteiger partial charge >= 0.3 is 46.9 Å². The van der Waals surface area contributed by atoms with E-state index in [0.717, 1.165) is 0 Å². The standard InChI is InChI=1S/C6H18O24P6/c7-1-2(8)4(25-34(19,20)28-31(10,11)12)6(27-36(23,24)30-33(16,17)18)5(3(1)9)26-35(21,22)29-32(13,14)15/h1-9H,(H,19,20)(H,21,22)(H,23,24)(H2,10,11,12)(H2,13,14,15)(H2,16,17,18)/t1?,2-,3-,4-,5+,6?/m0/s1. The molecule has 1 fully saturated rings. The topological polar surface area (TPSA) is 401 Å². The van der Waals surface area contributed by atoms with Crippen LogP contribution in [0.4, 0.5) is 0 Å². The van der Waals surface area contributed by atoms with Crippen LogP contribution in [-0.2, 0) is 53.9 Å². The highest BCUT2D eigenvalue weighted by molar-refractivity contribution is 7.61. The maximum Gasteiger partial charge on any atom is 0.481 e. The molecule has 24 nitrogen and oxygen atoms in total. The maximum atomic E-state index is 12.0. The Labute approximate surface area is 197 Å². The largest absolute Gasteiger partial charge is 0.481 e. The highest BCUT2D eigenvalue weighted by Gasteiger charge is 2.58. The van der Waals surface area contributed by atoms with Gasteiger partial charge in [0.15, 0.2) is 0 Å². The predicted molar refractivity (Wildman–Crippen MR) is 102 cm³/mol. The van der Waals surface area contributed by atoms with Gasteiger partial charge in [0.05, 0.1) is 0 Å². The summed E-state index contributed by atoms with van der Waals surface area (Å²) in [7, 11) is -36.2. The molecule has 0 spiro atoms. The quantitative estimate of drug-likeness (QED) is 0.0920. The smallest absolute Gasteiger partial charge is 0.387 e. The van der Waals surface area contributed by atoms with Gasteiger partial charge in [-0.15, -0.1) is 0 Å². The van der Waals surface area contributed by atoms with E-state index in [2.05, 4.69) is 26.5 Å². The molecular formula is C6H18O24P6. The molecule has 0 aromatic carbocycles. The van der Waals surface area contributed by atoms with Gasteiger partial charge in [-0.1, -0.05) is 0 Å². The van der Waals surface area contributed by atoms with Crippen LogP contribution in [0.25, 0.3) is 0 Å². The molecule has 0 amide bonds. The third kappa shape index (κ3) is 11.8. The van der Waals surface area contributed by atoms with E-state index in [1.807, 2.05) is 0 Å². The lowest BCUT2D eigenvalue weighted by molar-refractivity contribution is -0.212. The molecule has 12 N–H and O–H groups in total. The third-order valence-electron chi connectivity index (χ3n) is 3.41. The minimum Gasteiger partial charge on any atom is -0.387 e. The van der Waals surface area contributed by atoms with Crippen LogP contribution < -0.4 is 0 Å². The zero-order valence-electron chi connectivity index (χ0n) is 16.4. The Morgan fingerprint density at radius 3 is 0.833 bits per heavy atom. The summed E-state index contributed by atoms with van der Waals surface area (Å²) < 4.78 is 91.0. The molecule has 1 saturated carbocycles. The average molecular weight is 660 g/mol. The van der Waals surface area contributed by atoms with E-state index in [9.17, 15) is 57.4 Å². The van der Waals surface area contributed by atoms with Crippen LogP contribution in [0.5, 0.6) is 0 Å². The Morgan fingerprint density at radius 2 is 0.611 bits per heavy atom. The van der Waals surface area contributed by atoms with Crippen molar-refractivity contribution in [2.24, 2.45) is 0 Å².